The number of halogens is 1. The van der Waals surface area contributed by atoms with E-state index in [1.165, 1.54) is 36.4 Å². The highest BCUT2D eigenvalue weighted by atomic mass is 19.1. The van der Waals surface area contributed by atoms with Gasteiger partial charge in [0.05, 0.1) is 17.9 Å². The fourth-order valence-electron chi connectivity index (χ4n) is 2.63. The van der Waals surface area contributed by atoms with Gasteiger partial charge in [-0.1, -0.05) is 0 Å². The molecule has 0 spiro atoms. The SMILES string of the molecule is CNC(=O)[C@H]1CN(c2ccc(N3C=CC(=O)CC3)c(F)c2)C(=O)O1. The number of carbonyl (C=O) groups is 3. The zero-order valence-electron chi connectivity index (χ0n) is 13.0. The summed E-state index contributed by atoms with van der Waals surface area (Å²) in [4.78, 5) is 37.5. The summed E-state index contributed by atoms with van der Waals surface area (Å²) in [5.74, 6) is -0.933. The Hall–Kier alpha value is -2.90. The van der Waals surface area contributed by atoms with Crippen LogP contribution in [0.5, 0.6) is 0 Å². The van der Waals surface area contributed by atoms with Crippen LogP contribution in [0.15, 0.2) is 30.5 Å². The average molecular weight is 333 g/mol. The van der Waals surface area contributed by atoms with Crippen LogP contribution < -0.4 is 15.1 Å². The van der Waals surface area contributed by atoms with Crippen LogP contribution in [0.4, 0.5) is 20.6 Å². The van der Waals surface area contributed by atoms with Gasteiger partial charge in [-0.25, -0.2) is 9.18 Å². The van der Waals surface area contributed by atoms with Crippen molar-refractivity contribution in [2.45, 2.75) is 12.5 Å². The maximum Gasteiger partial charge on any atom is 0.415 e. The molecule has 8 heteroatoms. The lowest BCUT2D eigenvalue weighted by Gasteiger charge is -2.24. The smallest absolute Gasteiger partial charge is 0.415 e. The molecule has 126 valence electrons. The van der Waals surface area contributed by atoms with Crippen LogP contribution in [0.3, 0.4) is 0 Å². The molecule has 1 fully saturated rings. The van der Waals surface area contributed by atoms with E-state index in [0.717, 1.165) is 0 Å². The Morgan fingerprint density at radius 3 is 2.79 bits per heavy atom. The standard InChI is InChI=1S/C16H16FN3O4/c1-18-15(22)14-9-20(16(23)24-14)10-2-3-13(12(17)8-10)19-6-4-11(21)5-7-19/h2-4,6,8,14H,5,7,9H2,1H3,(H,18,22)/t14-/m1/s1. The monoisotopic (exact) mass is 333 g/mol. The van der Waals surface area contributed by atoms with Crippen LogP contribution in [0.1, 0.15) is 6.42 Å². The summed E-state index contributed by atoms with van der Waals surface area (Å²) in [5.41, 5.74) is 0.627. The predicted octanol–water partition coefficient (Wildman–Crippen LogP) is 1.19. The molecule has 1 N–H and O–H groups in total. The molecule has 0 aromatic heterocycles. The molecule has 0 unspecified atom stereocenters. The summed E-state index contributed by atoms with van der Waals surface area (Å²) >= 11 is 0. The molecule has 24 heavy (non-hydrogen) atoms. The zero-order chi connectivity index (χ0) is 17.3. The normalized spacial score (nSPS) is 20.3. The van der Waals surface area contributed by atoms with Crippen LogP contribution in [0.2, 0.25) is 0 Å². The molecule has 2 aliphatic rings. The van der Waals surface area contributed by atoms with Crippen molar-refractivity contribution in [1.82, 2.24) is 5.32 Å². The molecule has 2 heterocycles. The Kier molecular flexibility index (Phi) is 4.20. The molecule has 1 saturated heterocycles. The number of carbonyl (C=O) groups excluding carboxylic acids is 3. The second-order valence-electron chi connectivity index (χ2n) is 5.46. The number of anilines is 2. The minimum absolute atomic E-state index is 0.00309. The van der Waals surface area contributed by atoms with Crippen LogP contribution in [0, 0.1) is 5.82 Å². The molecular weight excluding hydrogens is 317 g/mol. The van der Waals surface area contributed by atoms with E-state index in [-0.39, 0.29) is 12.3 Å². The van der Waals surface area contributed by atoms with E-state index in [1.807, 2.05) is 0 Å². The lowest BCUT2D eigenvalue weighted by atomic mass is 10.1. The van der Waals surface area contributed by atoms with Gasteiger partial charge in [0.2, 0.25) is 0 Å². The van der Waals surface area contributed by atoms with Crippen molar-refractivity contribution >= 4 is 29.2 Å². The van der Waals surface area contributed by atoms with Gasteiger partial charge in [-0.05, 0) is 24.3 Å². The van der Waals surface area contributed by atoms with E-state index in [4.69, 9.17) is 4.74 Å². The first-order valence-electron chi connectivity index (χ1n) is 7.46. The van der Waals surface area contributed by atoms with Gasteiger partial charge in [-0.3, -0.25) is 14.5 Å². The number of benzene rings is 1. The second-order valence-corrected chi connectivity index (χ2v) is 5.46. The molecular formula is C16H16FN3O4. The third-order valence-electron chi connectivity index (χ3n) is 3.94. The number of ether oxygens (including phenoxy) is 1. The van der Waals surface area contributed by atoms with E-state index in [9.17, 15) is 18.8 Å². The van der Waals surface area contributed by atoms with Crippen molar-refractivity contribution in [2.24, 2.45) is 0 Å². The van der Waals surface area contributed by atoms with Crippen molar-refractivity contribution in [1.29, 1.82) is 0 Å². The molecule has 1 aromatic rings. The topological polar surface area (TPSA) is 79.0 Å². The second kappa shape index (κ2) is 6.31. The van der Waals surface area contributed by atoms with Crippen molar-refractivity contribution in [2.75, 3.05) is 29.9 Å². The number of nitrogens with one attached hydrogen (secondary N) is 1. The van der Waals surface area contributed by atoms with Crippen molar-refractivity contribution in [3.05, 3.63) is 36.3 Å². The predicted molar refractivity (Wildman–Crippen MR) is 84.2 cm³/mol. The fourth-order valence-corrected chi connectivity index (χ4v) is 2.63. The molecule has 0 aliphatic carbocycles. The first-order valence-corrected chi connectivity index (χ1v) is 7.46. The molecule has 3 rings (SSSR count). The van der Waals surface area contributed by atoms with Gasteiger partial charge >= 0.3 is 6.09 Å². The summed E-state index contributed by atoms with van der Waals surface area (Å²) < 4.78 is 19.4. The average Bonchev–Trinajstić information content (AvgIpc) is 2.97. The van der Waals surface area contributed by atoms with E-state index in [1.54, 1.807) is 11.0 Å². The molecule has 7 nitrogen and oxygen atoms in total. The van der Waals surface area contributed by atoms with Gasteiger partial charge in [0.15, 0.2) is 11.9 Å². The van der Waals surface area contributed by atoms with Gasteiger partial charge in [0.1, 0.15) is 5.82 Å². The number of nitrogens with zero attached hydrogens (tertiary/aromatic N) is 2. The van der Waals surface area contributed by atoms with Crippen molar-refractivity contribution in [3.63, 3.8) is 0 Å². The fraction of sp³-hybridized carbons (Fsp3) is 0.312. The van der Waals surface area contributed by atoms with Gasteiger partial charge < -0.3 is 15.0 Å². The number of hydrogen-bond acceptors (Lipinski definition) is 5. The Balaban J connectivity index is 1.80. The van der Waals surface area contributed by atoms with E-state index >= 15 is 0 Å². The molecule has 0 radical (unpaired) electrons. The maximum absolute atomic E-state index is 14.4. The van der Waals surface area contributed by atoms with Crippen LogP contribution in [0.25, 0.3) is 0 Å². The molecule has 1 aromatic carbocycles. The van der Waals surface area contributed by atoms with Crippen LogP contribution in [-0.2, 0) is 14.3 Å². The highest BCUT2D eigenvalue weighted by Gasteiger charge is 2.36. The summed E-state index contributed by atoms with van der Waals surface area (Å²) in [6, 6.07) is 4.33. The Morgan fingerprint density at radius 2 is 2.17 bits per heavy atom. The number of rotatable bonds is 3. The molecule has 0 saturated carbocycles. The van der Waals surface area contributed by atoms with Gasteiger partial charge in [-0.2, -0.15) is 0 Å². The molecule has 2 aliphatic heterocycles. The Labute approximate surface area is 137 Å². The third-order valence-corrected chi connectivity index (χ3v) is 3.94. The summed E-state index contributed by atoms with van der Waals surface area (Å²) in [7, 11) is 1.45. The number of ketones is 1. The summed E-state index contributed by atoms with van der Waals surface area (Å²) in [6.07, 6.45) is 1.66. The minimum atomic E-state index is -0.915. The van der Waals surface area contributed by atoms with Gasteiger partial charge in [-0.15, -0.1) is 0 Å². The van der Waals surface area contributed by atoms with E-state index in [0.29, 0.717) is 24.3 Å². The largest absolute Gasteiger partial charge is 0.434 e. The number of cyclic esters (lactones) is 1. The molecule has 0 bridgehead atoms. The summed E-state index contributed by atoms with van der Waals surface area (Å²) in [6.45, 7) is 0.422. The van der Waals surface area contributed by atoms with E-state index < -0.39 is 23.9 Å². The lowest BCUT2D eigenvalue weighted by molar-refractivity contribution is -0.127. The quantitative estimate of drug-likeness (QED) is 0.899. The van der Waals surface area contributed by atoms with Crippen molar-refractivity contribution in [3.8, 4) is 0 Å². The Morgan fingerprint density at radius 1 is 1.38 bits per heavy atom. The number of amides is 2. The summed E-state index contributed by atoms with van der Waals surface area (Å²) in [5, 5.41) is 2.41. The highest BCUT2D eigenvalue weighted by molar-refractivity contribution is 5.96. The highest BCUT2D eigenvalue weighted by Crippen LogP contribution is 2.29. The number of hydrogen-bond donors (Lipinski definition) is 1. The minimum Gasteiger partial charge on any atom is -0.434 e. The first-order chi connectivity index (χ1) is 11.5. The molecule has 1 atom stereocenters. The number of allylic oxidation sites excluding steroid dienone is 1. The maximum atomic E-state index is 14.4. The lowest BCUT2D eigenvalue weighted by Crippen LogP contribution is -2.35. The zero-order valence-corrected chi connectivity index (χ0v) is 13.0. The van der Waals surface area contributed by atoms with Gasteiger partial charge in [0, 0.05) is 26.2 Å². The third kappa shape index (κ3) is 2.94. The van der Waals surface area contributed by atoms with Crippen LogP contribution in [-0.4, -0.2) is 44.0 Å². The molecule has 2 amide bonds. The van der Waals surface area contributed by atoms with Crippen LogP contribution >= 0.6 is 0 Å². The van der Waals surface area contributed by atoms with E-state index in [2.05, 4.69) is 5.32 Å². The number of likely N-dealkylation sites (N-methyl/N-ethyl adjacent to an activating group) is 1. The first kappa shape index (κ1) is 16.0. The van der Waals surface area contributed by atoms with Gasteiger partial charge in [0.25, 0.3) is 5.91 Å². The Bertz CT molecular complexity index is 734. The van der Waals surface area contributed by atoms with Crippen molar-refractivity contribution < 1.29 is 23.5 Å².